The molecule has 18 heavy (non-hydrogen) atoms. The molecule has 1 saturated heterocycles. The first-order valence-electron chi connectivity index (χ1n) is 7.28. The normalized spacial score (nSPS) is 23.1. The van der Waals surface area contributed by atoms with Gasteiger partial charge in [0, 0.05) is 32.7 Å². The Balaban J connectivity index is 1.71. The Labute approximate surface area is 111 Å². The number of hydrogen-bond acceptors (Lipinski definition) is 2. The van der Waals surface area contributed by atoms with E-state index in [9.17, 15) is 0 Å². The topological polar surface area (TPSA) is 44.9 Å². The van der Waals surface area contributed by atoms with E-state index in [1.807, 2.05) is 0 Å². The minimum absolute atomic E-state index is 0.754. The van der Waals surface area contributed by atoms with E-state index in [0.29, 0.717) is 0 Å². The van der Waals surface area contributed by atoms with Gasteiger partial charge in [-0.2, -0.15) is 0 Å². The summed E-state index contributed by atoms with van der Waals surface area (Å²) in [6, 6.07) is 0. The second-order valence-corrected chi connectivity index (χ2v) is 5.20. The quantitative estimate of drug-likeness (QED) is 0.468. The van der Waals surface area contributed by atoms with Crippen molar-refractivity contribution in [3.63, 3.8) is 0 Å². The Morgan fingerprint density at radius 2 is 1.83 bits per heavy atom. The van der Waals surface area contributed by atoms with Crippen LogP contribution >= 0.6 is 0 Å². The first-order valence-corrected chi connectivity index (χ1v) is 7.28. The first-order chi connectivity index (χ1) is 8.86. The maximum Gasteiger partial charge on any atom is 0.191 e. The number of hydrogen-bond donors (Lipinski definition) is 1. The average Bonchev–Trinajstić information content (AvgIpc) is 2.69. The molecule has 0 amide bonds. The van der Waals surface area contributed by atoms with Gasteiger partial charge in [-0.1, -0.05) is 25.0 Å². The number of guanidine groups is 1. The second kappa shape index (κ2) is 7.41. The first kappa shape index (κ1) is 13.4. The van der Waals surface area contributed by atoms with Gasteiger partial charge in [0.2, 0.25) is 0 Å². The lowest BCUT2D eigenvalue weighted by molar-refractivity contribution is 0.306. The van der Waals surface area contributed by atoms with Crippen LogP contribution in [0.25, 0.3) is 0 Å². The van der Waals surface area contributed by atoms with Crippen LogP contribution in [0.3, 0.4) is 0 Å². The maximum absolute atomic E-state index is 6.08. The smallest absolute Gasteiger partial charge is 0.191 e. The number of rotatable bonds is 3. The van der Waals surface area contributed by atoms with Crippen molar-refractivity contribution in [3.05, 3.63) is 12.2 Å². The highest BCUT2D eigenvalue weighted by Gasteiger charge is 2.11. The molecule has 0 unspecified atom stereocenters. The fraction of sp³-hybridized carbons (Fsp3) is 0.786. The molecule has 1 fully saturated rings. The summed E-state index contributed by atoms with van der Waals surface area (Å²) < 4.78 is 0. The molecule has 2 heterocycles. The molecule has 0 radical (unpaired) electrons. The van der Waals surface area contributed by atoms with Gasteiger partial charge in [-0.15, -0.1) is 0 Å². The maximum atomic E-state index is 6.08. The molecular weight excluding hydrogens is 224 g/mol. The van der Waals surface area contributed by atoms with Crippen molar-refractivity contribution >= 4 is 5.96 Å². The molecule has 2 aliphatic heterocycles. The van der Waals surface area contributed by atoms with E-state index in [-0.39, 0.29) is 0 Å². The Morgan fingerprint density at radius 1 is 1.06 bits per heavy atom. The highest BCUT2D eigenvalue weighted by atomic mass is 15.3. The van der Waals surface area contributed by atoms with E-state index in [0.717, 1.165) is 45.2 Å². The number of aliphatic imine (C=N–C) groups is 1. The van der Waals surface area contributed by atoms with Gasteiger partial charge in [0.1, 0.15) is 0 Å². The average molecular weight is 250 g/mol. The minimum atomic E-state index is 0.754. The monoisotopic (exact) mass is 250 g/mol. The van der Waals surface area contributed by atoms with Crippen molar-refractivity contribution in [2.24, 2.45) is 10.7 Å². The van der Waals surface area contributed by atoms with E-state index < -0.39 is 0 Å². The van der Waals surface area contributed by atoms with E-state index in [1.54, 1.807) is 0 Å². The number of likely N-dealkylation sites (tertiary alicyclic amines) is 1. The molecule has 102 valence electrons. The van der Waals surface area contributed by atoms with Crippen molar-refractivity contribution in [2.75, 3.05) is 39.3 Å². The van der Waals surface area contributed by atoms with Crippen LogP contribution in [-0.4, -0.2) is 55.0 Å². The Kier molecular flexibility index (Phi) is 5.52. The summed E-state index contributed by atoms with van der Waals surface area (Å²) >= 11 is 0. The second-order valence-electron chi connectivity index (χ2n) is 5.20. The van der Waals surface area contributed by atoms with E-state index in [1.165, 1.54) is 32.1 Å². The van der Waals surface area contributed by atoms with E-state index in [4.69, 9.17) is 5.73 Å². The third-order valence-electron chi connectivity index (χ3n) is 3.76. The van der Waals surface area contributed by atoms with Gasteiger partial charge >= 0.3 is 0 Å². The Bertz CT molecular complexity index is 290. The fourth-order valence-corrected chi connectivity index (χ4v) is 2.60. The van der Waals surface area contributed by atoms with Gasteiger partial charge < -0.3 is 10.6 Å². The molecule has 0 atom stereocenters. The molecule has 2 rings (SSSR count). The van der Waals surface area contributed by atoms with Gasteiger partial charge in [0.25, 0.3) is 0 Å². The summed E-state index contributed by atoms with van der Waals surface area (Å²) in [5.41, 5.74) is 6.08. The zero-order valence-corrected chi connectivity index (χ0v) is 11.4. The lowest BCUT2D eigenvalue weighted by atomic mass is 10.2. The van der Waals surface area contributed by atoms with Crippen molar-refractivity contribution in [1.29, 1.82) is 0 Å². The van der Waals surface area contributed by atoms with Crippen LogP contribution in [0, 0.1) is 0 Å². The highest BCUT2D eigenvalue weighted by molar-refractivity contribution is 5.78. The molecule has 0 spiro atoms. The Hall–Kier alpha value is -1.03. The highest BCUT2D eigenvalue weighted by Crippen LogP contribution is 2.09. The summed E-state index contributed by atoms with van der Waals surface area (Å²) in [6.45, 7) is 6.26. The summed E-state index contributed by atoms with van der Waals surface area (Å²) in [6.07, 6.45) is 10.9. The van der Waals surface area contributed by atoms with Crippen LogP contribution in [0.5, 0.6) is 0 Å². The molecule has 4 nitrogen and oxygen atoms in total. The van der Waals surface area contributed by atoms with E-state index in [2.05, 4.69) is 26.9 Å². The predicted molar refractivity (Wildman–Crippen MR) is 76.7 cm³/mol. The van der Waals surface area contributed by atoms with Gasteiger partial charge in [-0.25, -0.2) is 0 Å². The third-order valence-corrected chi connectivity index (χ3v) is 3.76. The van der Waals surface area contributed by atoms with Crippen LogP contribution < -0.4 is 5.73 Å². The van der Waals surface area contributed by atoms with Gasteiger partial charge in [-0.3, -0.25) is 9.89 Å². The zero-order valence-electron chi connectivity index (χ0n) is 11.4. The van der Waals surface area contributed by atoms with Gasteiger partial charge in [0.05, 0.1) is 6.54 Å². The lowest BCUT2D eigenvalue weighted by Gasteiger charge is -2.23. The molecule has 0 saturated carbocycles. The SMILES string of the molecule is NC(=NCCN1CC=CCC1)N1CCCCCC1. The summed E-state index contributed by atoms with van der Waals surface area (Å²) in [5, 5.41) is 0. The molecule has 4 heteroatoms. The molecule has 2 aliphatic rings. The van der Waals surface area contributed by atoms with Crippen molar-refractivity contribution < 1.29 is 0 Å². The van der Waals surface area contributed by atoms with Crippen LogP contribution in [0.15, 0.2) is 17.1 Å². The molecule has 0 aliphatic carbocycles. The number of nitrogens with two attached hydrogens (primary N) is 1. The summed E-state index contributed by atoms with van der Waals surface area (Å²) in [5.74, 6) is 0.754. The van der Waals surface area contributed by atoms with Crippen LogP contribution in [-0.2, 0) is 0 Å². The zero-order chi connectivity index (χ0) is 12.6. The van der Waals surface area contributed by atoms with Crippen molar-refractivity contribution in [3.8, 4) is 0 Å². The van der Waals surface area contributed by atoms with Crippen LogP contribution in [0.1, 0.15) is 32.1 Å². The summed E-state index contributed by atoms with van der Waals surface area (Å²) in [4.78, 5) is 9.22. The minimum Gasteiger partial charge on any atom is -0.370 e. The molecular formula is C14H26N4. The van der Waals surface area contributed by atoms with Gasteiger partial charge in [0.15, 0.2) is 5.96 Å². The third kappa shape index (κ3) is 4.33. The molecule has 2 N–H and O–H groups in total. The van der Waals surface area contributed by atoms with Crippen LogP contribution in [0.4, 0.5) is 0 Å². The van der Waals surface area contributed by atoms with Crippen LogP contribution in [0.2, 0.25) is 0 Å². The van der Waals surface area contributed by atoms with E-state index >= 15 is 0 Å². The fourth-order valence-electron chi connectivity index (χ4n) is 2.60. The lowest BCUT2D eigenvalue weighted by Crippen LogP contribution is -2.39. The molecule has 0 aromatic carbocycles. The predicted octanol–water partition coefficient (Wildman–Crippen LogP) is 1.44. The summed E-state index contributed by atoms with van der Waals surface area (Å²) in [7, 11) is 0. The van der Waals surface area contributed by atoms with Crippen molar-refractivity contribution in [1.82, 2.24) is 9.80 Å². The van der Waals surface area contributed by atoms with Gasteiger partial charge in [-0.05, 0) is 19.3 Å². The molecule has 0 aromatic heterocycles. The molecule has 0 bridgehead atoms. The number of nitrogens with zero attached hydrogens (tertiary/aromatic N) is 3. The van der Waals surface area contributed by atoms with Crippen molar-refractivity contribution in [2.45, 2.75) is 32.1 Å². The standard InChI is InChI=1S/C14H26N4/c15-14(18-11-6-1-2-7-12-18)16-8-13-17-9-4-3-5-10-17/h3-4H,1-2,5-13H2,(H2,15,16). The Morgan fingerprint density at radius 3 is 2.50 bits per heavy atom. The molecule has 0 aromatic rings. The largest absolute Gasteiger partial charge is 0.370 e.